The molecular weight excluding hydrogens is 320 g/mol. The first-order chi connectivity index (χ1) is 11.6. The Morgan fingerprint density at radius 2 is 2.04 bits per heavy atom. The second-order valence-corrected chi connectivity index (χ2v) is 6.94. The summed E-state index contributed by atoms with van der Waals surface area (Å²) in [6.45, 7) is 7.34. The van der Waals surface area contributed by atoms with Crippen molar-refractivity contribution in [2.24, 2.45) is 0 Å². The molecule has 5 heteroatoms. The van der Waals surface area contributed by atoms with Crippen molar-refractivity contribution in [3.05, 3.63) is 40.5 Å². The topological polar surface area (TPSA) is 41.1 Å². The van der Waals surface area contributed by atoms with E-state index in [4.69, 9.17) is 16.6 Å². The normalized spacial score (nSPS) is 17.8. The highest BCUT2D eigenvalue weighted by molar-refractivity contribution is 6.31. The third kappa shape index (κ3) is 3.81. The fourth-order valence-electron chi connectivity index (χ4n) is 3.28. The lowest BCUT2D eigenvalue weighted by atomic mass is 10.00. The Bertz CT molecular complexity index is 717. The number of anilines is 3. The van der Waals surface area contributed by atoms with E-state index >= 15 is 0 Å². The summed E-state index contributed by atoms with van der Waals surface area (Å²) >= 11 is 6.21. The van der Waals surface area contributed by atoms with Gasteiger partial charge in [-0.05, 0) is 57.2 Å². The van der Waals surface area contributed by atoms with E-state index in [-0.39, 0.29) is 0 Å². The number of nitrogens with one attached hydrogen (secondary N) is 1. The van der Waals surface area contributed by atoms with Crippen LogP contribution in [-0.4, -0.2) is 22.6 Å². The predicted molar refractivity (Wildman–Crippen MR) is 102 cm³/mol. The second-order valence-electron chi connectivity index (χ2n) is 6.53. The van der Waals surface area contributed by atoms with Crippen molar-refractivity contribution < 1.29 is 0 Å². The zero-order valence-corrected chi connectivity index (χ0v) is 15.4. The molecule has 1 unspecified atom stereocenters. The van der Waals surface area contributed by atoms with Gasteiger partial charge in [-0.15, -0.1) is 0 Å². The van der Waals surface area contributed by atoms with Crippen LogP contribution in [0.25, 0.3) is 0 Å². The van der Waals surface area contributed by atoms with Gasteiger partial charge in [0.15, 0.2) is 0 Å². The van der Waals surface area contributed by atoms with Gasteiger partial charge >= 0.3 is 0 Å². The summed E-state index contributed by atoms with van der Waals surface area (Å²) in [6, 6.07) is 8.58. The number of piperidine rings is 1. The Morgan fingerprint density at radius 1 is 1.21 bits per heavy atom. The molecule has 1 aliphatic rings. The van der Waals surface area contributed by atoms with E-state index in [1.165, 1.54) is 19.3 Å². The van der Waals surface area contributed by atoms with Crippen molar-refractivity contribution in [1.29, 1.82) is 0 Å². The van der Waals surface area contributed by atoms with Gasteiger partial charge in [-0.25, -0.2) is 4.98 Å². The molecule has 0 aliphatic carbocycles. The van der Waals surface area contributed by atoms with Crippen molar-refractivity contribution in [3.8, 4) is 0 Å². The molecule has 0 bridgehead atoms. The number of aryl methyl sites for hydroxylation is 2. The van der Waals surface area contributed by atoms with Crippen LogP contribution >= 0.6 is 11.6 Å². The summed E-state index contributed by atoms with van der Waals surface area (Å²) in [7, 11) is 0. The van der Waals surface area contributed by atoms with Crippen molar-refractivity contribution in [2.45, 2.75) is 52.5 Å². The largest absolute Gasteiger partial charge is 0.353 e. The third-order valence-corrected chi connectivity index (χ3v) is 5.07. The Morgan fingerprint density at radius 3 is 2.79 bits per heavy atom. The first-order valence-corrected chi connectivity index (χ1v) is 9.10. The van der Waals surface area contributed by atoms with E-state index in [1.807, 2.05) is 32.0 Å². The Hall–Kier alpha value is -1.81. The molecule has 0 radical (unpaired) electrons. The lowest BCUT2D eigenvalue weighted by Crippen LogP contribution is -2.39. The summed E-state index contributed by atoms with van der Waals surface area (Å²) in [6.07, 6.45) is 4.94. The van der Waals surface area contributed by atoms with Gasteiger partial charge in [0.1, 0.15) is 5.82 Å². The number of aromatic nitrogens is 2. The van der Waals surface area contributed by atoms with Gasteiger partial charge in [-0.3, -0.25) is 0 Å². The van der Waals surface area contributed by atoms with Gasteiger partial charge in [0.25, 0.3) is 0 Å². The van der Waals surface area contributed by atoms with Gasteiger partial charge in [0, 0.05) is 35.1 Å². The van der Waals surface area contributed by atoms with E-state index in [0.29, 0.717) is 12.0 Å². The molecule has 3 rings (SSSR count). The van der Waals surface area contributed by atoms with Crippen molar-refractivity contribution in [2.75, 3.05) is 16.8 Å². The molecule has 0 spiro atoms. The standard InChI is InChI=1S/C19H25ClN4/c1-4-16-7-5-6-10-24(16)18-11-14(3)21-19(23-18)22-15-9-8-13(2)17(20)12-15/h8-9,11-12,16H,4-7,10H2,1-3H3,(H,21,22,23). The minimum atomic E-state index is 0.578. The lowest BCUT2D eigenvalue weighted by molar-refractivity contribution is 0.446. The molecule has 4 nitrogen and oxygen atoms in total. The summed E-state index contributed by atoms with van der Waals surface area (Å²) in [5.74, 6) is 1.65. The molecule has 1 aliphatic heterocycles. The molecule has 24 heavy (non-hydrogen) atoms. The van der Waals surface area contributed by atoms with E-state index in [2.05, 4.69) is 28.2 Å². The molecule has 2 heterocycles. The minimum absolute atomic E-state index is 0.578. The fourth-order valence-corrected chi connectivity index (χ4v) is 3.46. The number of benzene rings is 1. The Balaban J connectivity index is 1.86. The average molecular weight is 345 g/mol. The fraction of sp³-hybridized carbons (Fsp3) is 0.474. The van der Waals surface area contributed by atoms with E-state index in [9.17, 15) is 0 Å². The predicted octanol–water partition coefficient (Wildman–Crippen LogP) is 5.26. The van der Waals surface area contributed by atoms with Crippen LogP contribution < -0.4 is 10.2 Å². The number of halogens is 1. The van der Waals surface area contributed by atoms with Crippen molar-refractivity contribution in [3.63, 3.8) is 0 Å². The first kappa shape index (κ1) is 17.0. The maximum absolute atomic E-state index is 6.21. The van der Waals surface area contributed by atoms with Gasteiger partial charge in [0.05, 0.1) is 0 Å². The molecule has 0 amide bonds. The van der Waals surface area contributed by atoms with Crippen LogP contribution in [0.5, 0.6) is 0 Å². The van der Waals surface area contributed by atoms with Gasteiger partial charge < -0.3 is 10.2 Å². The van der Waals surface area contributed by atoms with Crippen LogP contribution in [0.1, 0.15) is 43.9 Å². The van der Waals surface area contributed by atoms with E-state index in [0.717, 1.165) is 40.8 Å². The second kappa shape index (κ2) is 7.39. The highest BCUT2D eigenvalue weighted by atomic mass is 35.5. The molecular formula is C19H25ClN4. The minimum Gasteiger partial charge on any atom is -0.353 e. The van der Waals surface area contributed by atoms with Crippen molar-refractivity contribution in [1.82, 2.24) is 9.97 Å². The Labute approximate surface area is 149 Å². The molecule has 1 saturated heterocycles. The summed E-state index contributed by atoms with van der Waals surface area (Å²) in [5, 5.41) is 4.04. The Kier molecular flexibility index (Phi) is 5.24. The van der Waals surface area contributed by atoms with Crippen LogP contribution in [0, 0.1) is 13.8 Å². The molecule has 128 valence electrons. The van der Waals surface area contributed by atoms with Crippen LogP contribution in [0.15, 0.2) is 24.3 Å². The summed E-state index contributed by atoms with van der Waals surface area (Å²) < 4.78 is 0. The summed E-state index contributed by atoms with van der Waals surface area (Å²) in [4.78, 5) is 11.7. The first-order valence-electron chi connectivity index (χ1n) is 8.72. The molecule has 0 saturated carbocycles. The van der Waals surface area contributed by atoms with Gasteiger partial charge in [0.2, 0.25) is 5.95 Å². The lowest BCUT2D eigenvalue weighted by Gasteiger charge is -2.36. The van der Waals surface area contributed by atoms with Crippen LogP contribution in [-0.2, 0) is 0 Å². The monoisotopic (exact) mass is 344 g/mol. The zero-order valence-electron chi connectivity index (χ0n) is 14.6. The molecule has 1 atom stereocenters. The van der Waals surface area contributed by atoms with Gasteiger partial charge in [-0.2, -0.15) is 4.98 Å². The van der Waals surface area contributed by atoms with Crippen LogP contribution in [0.2, 0.25) is 5.02 Å². The maximum atomic E-state index is 6.21. The van der Waals surface area contributed by atoms with Gasteiger partial charge in [-0.1, -0.05) is 24.6 Å². The number of hydrogen-bond donors (Lipinski definition) is 1. The highest BCUT2D eigenvalue weighted by Crippen LogP contribution is 2.27. The molecule has 1 N–H and O–H groups in total. The van der Waals surface area contributed by atoms with Crippen molar-refractivity contribution >= 4 is 29.1 Å². The number of rotatable bonds is 4. The van der Waals surface area contributed by atoms with Crippen LogP contribution in [0.3, 0.4) is 0 Å². The molecule has 1 fully saturated rings. The van der Waals surface area contributed by atoms with Crippen LogP contribution in [0.4, 0.5) is 17.5 Å². The summed E-state index contributed by atoms with van der Waals surface area (Å²) in [5.41, 5.74) is 2.95. The molecule has 1 aromatic carbocycles. The maximum Gasteiger partial charge on any atom is 0.229 e. The quantitative estimate of drug-likeness (QED) is 0.821. The van der Waals surface area contributed by atoms with E-state index < -0.39 is 0 Å². The number of nitrogens with zero attached hydrogens (tertiary/aromatic N) is 3. The average Bonchev–Trinajstić information content (AvgIpc) is 2.57. The highest BCUT2D eigenvalue weighted by Gasteiger charge is 2.22. The molecule has 1 aromatic heterocycles. The molecule has 2 aromatic rings. The smallest absolute Gasteiger partial charge is 0.229 e. The zero-order chi connectivity index (χ0) is 17.1. The SMILES string of the molecule is CCC1CCCCN1c1cc(C)nc(Nc2ccc(C)c(Cl)c2)n1. The third-order valence-electron chi connectivity index (χ3n) is 4.66. The number of hydrogen-bond acceptors (Lipinski definition) is 4. The van der Waals surface area contributed by atoms with E-state index in [1.54, 1.807) is 0 Å².